The quantitative estimate of drug-likeness (QED) is 0.154. The lowest BCUT2D eigenvalue weighted by Crippen LogP contribution is -2.32. The molecule has 8 heteroatoms. The highest BCUT2D eigenvalue weighted by Crippen LogP contribution is 2.56. The van der Waals surface area contributed by atoms with Crippen LogP contribution in [0.5, 0.6) is 5.75 Å². The third-order valence-corrected chi connectivity index (χ3v) is 9.31. The number of amides is 2. The normalized spacial score (nSPS) is 23.0. The summed E-state index contributed by atoms with van der Waals surface area (Å²) >= 11 is 0. The summed E-state index contributed by atoms with van der Waals surface area (Å²) in [4.78, 5) is 59.1. The summed E-state index contributed by atoms with van der Waals surface area (Å²) in [5, 5.41) is 0.603. The van der Waals surface area contributed by atoms with Crippen LogP contribution in [-0.4, -0.2) is 41.8 Å². The SMILES string of the molecule is COc1ccc(C(=O)C(C)OC(=O)c2cc(-c3ccc(N4C(=O)C5C6CCC(C6)C5C4=O)cc3)nc3ccccc23)cc1. The molecule has 1 saturated heterocycles. The van der Waals surface area contributed by atoms with Crippen molar-refractivity contribution in [1.82, 2.24) is 4.98 Å². The molecule has 2 amide bonds. The molecule has 3 aliphatic rings. The van der Waals surface area contributed by atoms with E-state index in [-0.39, 0.29) is 35.0 Å². The van der Waals surface area contributed by atoms with Crippen LogP contribution in [0.3, 0.4) is 0 Å². The fourth-order valence-electron chi connectivity index (χ4n) is 7.20. The fourth-order valence-corrected chi connectivity index (χ4v) is 7.20. The summed E-state index contributed by atoms with van der Waals surface area (Å²) in [6, 6.07) is 22.7. The molecule has 3 fully saturated rings. The topological polar surface area (TPSA) is 103 Å². The molecule has 0 N–H and O–H groups in total. The first-order valence-corrected chi connectivity index (χ1v) is 14.6. The van der Waals surface area contributed by atoms with Crippen LogP contribution in [0, 0.1) is 23.7 Å². The molecule has 2 heterocycles. The molecule has 1 aliphatic heterocycles. The predicted octanol–water partition coefficient (Wildman–Crippen LogP) is 5.87. The summed E-state index contributed by atoms with van der Waals surface area (Å²) in [6.07, 6.45) is 2.04. The van der Waals surface area contributed by atoms with Gasteiger partial charge in [0.25, 0.3) is 0 Å². The zero-order valence-electron chi connectivity index (χ0n) is 23.9. The van der Waals surface area contributed by atoms with E-state index in [0.717, 1.165) is 19.3 Å². The van der Waals surface area contributed by atoms with Crippen LogP contribution in [0.15, 0.2) is 78.9 Å². The Kier molecular flexibility index (Phi) is 6.57. The smallest absolute Gasteiger partial charge is 0.339 e. The molecule has 216 valence electrons. The molecule has 0 spiro atoms. The standard InChI is InChI=1S/C35H30N2O6/c1-19(32(38)21-11-15-25(42-2)16-12-21)43-35(41)27-18-29(36-28-6-4-3-5-26(27)28)20-9-13-24(14-10-20)37-33(39)30-22-7-8-23(17-22)31(30)34(37)40/h3-6,9-16,18-19,22-23,30-31H,7-8,17H2,1-2H3. The van der Waals surface area contributed by atoms with Crippen LogP contribution < -0.4 is 9.64 Å². The number of para-hydroxylation sites is 1. The van der Waals surface area contributed by atoms with Crippen molar-refractivity contribution in [3.05, 3.63) is 90.0 Å². The van der Waals surface area contributed by atoms with Gasteiger partial charge in [-0.25, -0.2) is 9.78 Å². The maximum atomic E-state index is 13.4. The fraction of sp³-hybridized carbons (Fsp3) is 0.286. The molecule has 3 aromatic carbocycles. The van der Waals surface area contributed by atoms with Gasteiger partial charge in [0.1, 0.15) is 5.75 Å². The van der Waals surface area contributed by atoms with Crippen molar-refractivity contribution >= 4 is 40.2 Å². The van der Waals surface area contributed by atoms with E-state index < -0.39 is 12.1 Å². The van der Waals surface area contributed by atoms with Gasteiger partial charge in [-0.1, -0.05) is 30.3 Å². The van der Waals surface area contributed by atoms with E-state index in [1.54, 1.807) is 74.7 Å². The molecule has 8 nitrogen and oxygen atoms in total. The first kappa shape index (κ1) is 27.0. The van der Waals surface area contributed by atoms with Gasteiger partial charge >= 0.3 is 5.97 Å². The van der Waals surface area contributed by atoms with E-state index in [4.69, 9.17) is 14.5 Å². The highest BCUT2D eigenvalue weighted by atomic mass is 16.5. The number of aromatic nitrogens is 1. The second kappa shape index (κ2) is 10.5. The number of rotatable bonds is 7. The first-order valence-electron chi connectivity index (χ1n) is 14.6. The van der Waals surface area contributed by atoms with E-state index in [0.29, 0.717) is 51.0 Å². The van der Waals surface area contributed by atoms with Gasteiger partial charge in [-0.15, -0.1) is 0 Å². The summed E-state index contributed by atoms with van der Waals surface area (Å²) in [5.74, 6) is -0.216. The lowest BCUT2D eigenvalue weighted by molar-refractivity contribution is -0.123. The molecule has 4 aromatic rings. The number of pyridine rings is 1. The van der Waals surface area contributed by atoms with Gasteiger partial charge in [-0.2, -0.15) is 0 Å². The number of nitrogens with zero attached hydrogens (tertiary/aromatic N) is 2. The highest BCUT2D eigenvalue weighted by Gasteiger charge is 2.61. The van der Waals surface area contributed by atoms with E-state index >= 15 is 0 Å². The van der Waals surface area contributed by atoms with Crippen molar-refractivity contribution in [2.75, 3.05) is 12.0 Å². The predicted molar refractivity (Wildman–Crippen MR) is 160 cm³/mol. The second-order valence-corrected chi connectivity index (χ2v) is 11.7. The van der Waals surface area contributed by atoms with Gasteiger partial charge in [-0.3, -0.25) is 19.3 Å². The number of carbonyl (C=O) groups excluding carboxylic acids is 4. The summed E-state index contributed by atoms with van der Waals surface area (Å²) in [7, 11) is 1.55. The lowest BCUT2D eigenvalue weighted by atomic mass is 9.81. The maximum absolute atomic E-state index is 13.4. The molecule has 43 heavy (non-hydrogen) atoms. The Morgan fingerprint density at radius 3 is 2.19 bits per heavy atom. The van der Waals surface area contributed by atoms with Crippen LogP contribution in [0.1, 0.15) is 46.9 Å². The van der Waals surface area contributed by atoms with Crippen LogP contribution in [0.2, 0.25) is 0 Å². The molecule has 1 aromatic heterocycles. The number of methoxy groups -OCH3 is 1. The number of carbonyl (C=O) groups is 4. The molecular weight excluding hydrogens is 544 g/mol. The van der Waals surface area contributed by atoms with Gasteiger partial charge < -0.3 is 9.47 Å². The number of hydrogen-bond donors (Lipinski definition) is 0. The number of ketones is 1. The van der Waals surface area contributed by atoms with Crippen molar-refractivity contribution in [3.8, 4) is 17.0 Å². The Balaban J connectivity index is 1.15. The van der Waals surface area contributed by atoms with Crippen molar-refractivity contribution in [1.29, 1.82) is 0 Å². The van der Waals surface area contributed by atoms with Crippen LogP contribution in [-0.2, 0) is 14.3 Å². The Hall–Kier alpha value is -4.85. The van der Waals surface area contributed by atoms with Crippen molar-refractivity contribution in [3.63, 3.8) is 0 Å². The maximum Gasteiger partial charge on any atom is 0.339 e. The van der Waals surface area contributed by atoms with Crippen LogP contribution in [0.4, 0.5) is 5.69 Å². The van der Waals surface area contributed by atoms with E-state index in [1.165, 1.54) is 4.90 Å². The summed E-state index contributed by atoms with van der Waals surface area (Å²) in [6.45, 7) is 1.55. The van der Waals surface area contributed by atoms with Crippen LogP contribution >= 0.6 is 0 Å². The first-order chi connectivity index (χ1) is 20.8. The number of Topliss-reactive ketones (excluding diaryl/α,β-unsaturated/α-hetero) is 1. The Labute approximate surface area is 248 Å². The minimum Gasteiger partial charge on any atom is -0.497 e. The van der Waals surface area contributed by atoms with E-state index in [1.807, 2.05) is 18.2 Å². The zero-order valence-corrected chi connectivity index (χ0v) is 23.9. The molecule has 2 bridgehead atoms. The molecule has 5 atom stereocenters. The highest BCUT2D eigenvalue weighted by molar-refractivity contribution is 6.22. The Bertz CT molecular complexity index is 1750. The van der Waals surface area contributed by atoms with E-state index in [9.17, 15) is 19.2 Å². The van der Waals surface area contributed by atoms with Crippen molar-refractivity contribution in [2.24, 2.45) is 23.7 Å². The van der Waals surface area contributed by atoms with Gasteiger partial charge in [0.15, 0.2) is 6.10 Å². The number of anilines is 1. The third-order valence-electron chi connectivity index (χ3n) is 9.31. The average Bonchev–Trinajstić information content (AvgIpc) is 3.73. The third kappa shape index (κ3) is 4.49. The second-order valence-electron chi connectivity index (χ2n) is 11.7. The number of esters is 1. The summed E-state index contributed by atoms with van der Waals surface area (Å²) in [5.41, 5.74) is 3.09. The molecule has 7 rings (SSSR count). The monoisotopic (exact) mass is 574 g/mol. The number of ether oxygens (including phenoxy) is 2. The molecular formula is C35H30N2O6. The molecule has 2 saturated carbocycles. The number of hydrogen-bond acceptors (Lipinski definition) is 7. The van der Waals surface area contributed by atoms with Gasteiger partial charge in [-0.05, 0) is 86.6 Å². The number of fused-ring (bicyclic) bond motifs is 6. The number of benzene rings is 3. The molecule has 2 aliphatic carbocycles. The Morgan fingerprint density at radius 1 is 0.884 bits per heavy atom. The molecule has 0 radical (unpaired) electrons. The van der Waals surface area contributed by atoms with Gasteiger partial charge in [0.05, 0.1) is 41.4 Å². The largest absolute Gasteiger partial charge is 0.497 e. The van der Waals surface area contributed by atoms with Crippen molar-refractivity contribution in [2.45, 2.75) is 32.3 Å². The van der Waals surface area contributed by atoms with E-state index in [2.05, 4.69) is 0 Å². The van der Waals surface area contributed by atoms with Gasteiger partial charge in [0, 0.05) is 16.5 Å². The number of imide groups is 1. The average molecular weight is 575 g/mol. The molecule has 5 unspecified atom stereocenters. The van der Waals surface area contributed by atoms with Crippen molar-refractivity contribution < 1.29 is 28.7 Å². The Morgan fingerprint density at radius 2 is 1.53 bits per heavy atom. The van der Waals surface area contributed by atoms with Crippen LogP contribution in [0.25, 0.3) is 22.2 Å². The van der Waals surface area contributed by atoms with Gasteiger partial charge in [0.2, 0.25) is 17.6 Å². The summed E-state index contributed by atoms with van der Waals surface area (Å²) < 4.78 is 10.8. The lowest BCUT2D eigenvalue weighted by Gasteiger charge is -2.19. The zero-order chi connectivity index (χ0) is 29.8. The minimum atomic E-state index is -1.01. The minimum absolute atomic E-state index is 0.0814.